The molecular formula is C8H17NO2. The van der Waals surface area contributed by atoms with Crippen LogP contribution in [0, 0.1) is 0 Å². The van der Waals surface area contributed by atoms with Crippen LogP contribution >= 0.6 is 0 Å². The van der Waals surface area contributed by atoms with Crippen molar-refractivity contribution in [2.24, 2.45) is 0 Å². The number of hydrogen-bond donors (Lipinski definition) is 1. The lowest BCUT2D eigenvalue weighted by Crippen LogP contribution is -2.43. The van der Waals surface area contributed by atoms with Gasteiger partial charge in [0.2, 0.25) is 0 Å². The maximum atomic E-state index is 5.55. The molecule has 0 aromatic carbocycles. The van der Waals surface area contributed by atoms with E-state index in [9.17, 15) is 0 Å². The second-order valence-corrected chi connectivity index (χ2v) is 3.62. The van der Waals surface area contributed by atoms with Gasteiger partial charge >= 0.3 is 0 Å². The van der Waals surface area contributed by atoms with E-state index in [-0.39, 0.29) is 5.60 Å². The predicted octanol–water partition coefficient (Wildman–Crippen LogP) is 1.09. The standard InChI is InChI=1S/C8H17NO2/c1-8(2)6-7(9-10-3)4-5-11-8/h7,9H,4-6H2,1-3H3. The molecule has 3 nitrogen and oxygen atoms in total. The first-order valence-corrected chi connectivity index (χ1v) is 4.06. The molecule has 1 unspecified atom stereocenters. The first-order valence-electron chi connectivity index (χ1n) is 4.06. The van der Waals surface area contributed by atoms with Crippen molar-refractivity contribution in [2.45, 2.75) is 38.3 Å². The summed E-state index contributed by atoms with van der Waals surface area (Å²) in [7, 11) is 1.66. The Morgan fingerprint density at radius 1 is 1.55 bits per heavy atom. The van der Waals surface area contributed by atoms with Crippen LogP contribution in [0.4, 0.5) is 0 Å². The average Bonchev–Trinajstić information content (AvgIpc) is 1.85. The van der Waals surface area contributed by atoms with E-state index in [1.807, 2.05) is 0 Å². The first-order chi connectivity index (χ1) is 5.14. The Hall–Kier alpha value is -0.120. The molecule has 1 saturated heterocycles. The molecule has 0 aliphatic carbocycles. The average molecular weight is 159 g/mol. The van der Waals surface area contributed by atoms with Gasteiger partial charge in [0.05, 0.1) is 12.7 Å². The maximum Gasteiger partial charge on any atom is 0.0642 e. The third-order valence-electron chi connectivity index (χ3n) is 1.98. The van der Waals surface area contributed by atoms with E-state index in [0.717, 1.165) is 19.4 Å². The number of hydrogen-bond acceptors (Lipinski definition) is 3. The quantitative estimate of drug-likeness (QED) is 0.612. The van der Waals surface area contributed by atoms with Crippen LogP contribution in [0.5, 0.6) is 0 Å². The highest BCUT2D eigenvalue weighted by molar-refractivity contribution is 4.80. The van der Waals surface area contributed by atoms with Gasteiger partial charge in [-0.3, -0.25) is 0 Å². The van der Waals surface area contributed by atoms with Crippen LogP contribution in [0.15, 0.2) is 0 Å². The highest BCUT2D eigenvalue weighted by atomic mass is 16.6. The summed E-state index contributed by atoms with van der Waals surface area (Å²) in [4.78, 5) is 4.87. The molecular weight excluding hydrogens is 142 g/mol. The van der Waals surface area contributed by atoms with Crippen LogP contribution in [0.2, 0.25) is 0 Å². The molecule has 1 aliphatic rings. The summed E-state index contributed by atoms with van der Waals surface area (Å²) in [6.07, 6.45) is 2.05. The highest BCUT2D eigenvalue weighted by Crippen LogP contribution is 2.23. The largest absolute Gasteiger partial charge is 0.375 e. The molecule has 0 amide bonds. The summed E-state index contributed by atoms with van der Waals surface area (Å²) >= 11 is 0. The van der Waals surface area contributed by atoms with Gasteiger partial charge in [0.1, 0.15) is 0 Å². The minimum absolute atomic E-state index is 0.00838. The van der Waals surface area contributed by atoms with E-state index >= 15 is 0 Å². The van der Waals surface area contributed by atoms with E-state index in [1.54, 1.807) is 7.11 Å². The SMILES string of the molecule is CONC1CCOC(C)(C)C1. The van der Waals surface area contributed by atoms with Crippen molar-refractivity contribution in [2.75, 3.05) is 13.7 Å². The van der Waals surface area contributed by atoms with Crippen molar-refractivity contribution in [3.05, 3.63) is 0 Å². The topological polar surface area (TPSA) is 30.5 Å². The molecule has 0 aromatic rings. The Bertz CT molecular complexity index is 123. The van der Waals surface area contributed by atoms with E-state index in [2.05, 4.69) is 19.3 Å². The molecule has 1 aliphatic heterocycles. The van der Waals surface area contributed by atoms with E-state index < -0.39 is 0 Å². The third kappa shape index (κ3) is 2.77. The van der Waals surface area contributed by atoms with Crippen LogP contribution in [-0.4, -0.2) is 25.4 Å². The van der Waals surface area contributed by atoms with Crippen LogP contribution in [0.1, 0.15) is 26.7 Å². The fourth-order valence-corrected chi connectivity index (χ4v) is 1.50. The second kappa shape index (κ2) is 3.52. The highest BCUT2D eigenvalue weighted by Gasteiger charge is 2.28. The van der Waals surface area contributed by atoms with Crippen molar-refractivity contribution in [1.29, 1.82) is 0 Å². The second-order valence-electron chi connectivity index (χ2n) is 3.62. The fraction of sp³-hybridized carbons (Fsp3) is 1.00. The molecule has 0 radical (unpaired) electrons. The lowest BCUT2D eigenvalue weighted by atomic mass is 9.95. The molecule has 11 heavy (non-hydrogen) atoms. The zero-order valence-corrected chi connectivity index (χ0v) is 7.52. The minimum atomic E-state index is 0.00838. The summed E-state index contributed by atoms with van der Waals surface area (Å²) < 4.78 is 5.55. The van der Waals surface area contributed by atoms with Gasteiger partial charge < -0.3 is 9.57 Å². The number of ether oxygens (including phenoxy) is 1. The molecule has 0 bridgehead atoms. The normalized spacial score (nSPS) is 30.3. The molecule has 1 N–H and O–H groups in total. The van der Waals surface area contributed by atoms with Crippen LogP contribution in [0.3, 0.4) is 0 Å². The van der Waals surface area contributed by atoms with Gasteiger partial charge in [0.15, 0.2) is 0 Å². The van der Waals surface area contributed by atoms with Gasteiger partial charge in [0.25, 0.3) is 0 Å². The van der Waals surface area contributed by atoms with Gasteiger partial charge in [-0.15, -0.1) is 0 Å². The van der Waals surface area contributed by atoms with Crippen molar-refractivity contribution in [1.82, 2.24) is 5.48 Å². The summed E-state index contributed by atoms with van der Waals surface area (Å²) in [6, 6.07) is 0.448. The Morgan fingerprint density at radius 2 is 2.27 bits per heavy atom. The Balaban J connectivity index is 2.34. The summed E-state index contributed by atoms with van der Waals surface area (Å²) in [5, 5.41) is 0. The zero-order chi connectivity index (χ0) is 8.32. The maximum absolute atomic E-state index is 5.55. The van der Waals surface area contributed by atoms with E-state index in [1.165, 1.54) is 0 Å². The van der Waals surface area contributed by atoms with Crippen molar-refractivity contribution < 1.29 is 9.57 Å². The van der Waals surface area contributed by atoms with Crippen LogP contribution in [0.25, 0.3) is 0 Å². The number of rotatable bonds is 2. The Labute approximate surface area is 68.0 Å². The summed E-state index contributed by atoms with van der Waals surface area (Å²) in [5.74, 6) is 0. The van der Waals surface area contributed by atoms with Crippen LogP contribution < -0.4 is 5.48 Å². The number of hydroxylamine groups is 1. The smallest absolute Gasteiger partial charge is 0.0642 e. The lowest BCUT2D eigenvalue weighted by Gasteiger charge is -2.35. The predicted molar refractivity (Wildman–Crippen MR) is 43.2 cm³/mol. The van der Waals surface area contributed by atoms with Crippen molar-refractivity contribution in [3.63, 3.8) is 0 Å². The van der Waals surface area contributed by atoms with Gasteiger partial charge in [-0.1, -0.05) is 0 Å². The van der Waals surface area contributed by atoms with Gasteiger partial charge in [0, 0.05) is 12.6 Å². The van der Waals surface area contributed by atoms with E-state index in [4.69, 9.17) is 9.57 Å². The molecule has 0 aromatic heterocycles. The molecule has 0 spiro atoms. The first kappa shape index (κ1) is 8.97. The minimum Gasteiger partial charge on any atom is -0.375 e. The third-order valence-corrected chi connectivity index (χ3v) is 1.98. The lowest BCUT2D eigenvalue weighted by molar-refractivity contribution is -0.0861. The Morgan fingerprint density at radius 3 is 2.82 bits per heavy atom. The van der Waals surface area contributed by atoms with Crippen molar-refractivity contribution in [3.8, 4) is 0 Å². The number of nitrogens with one attached hydrogen (secondary N) is 1. The molecule has 0 saturated carbocycles. The van der Waals surface area contributed by atoms with E-state index in [0.29, 0.717) is 6.04 Å². The van der Waals surface area contributed by atoms with Gasteiger partial charge in [-0.25, -0.2) is 0 Å². The Kier molecular flexibility index (Phi) is 2.87. The molecule has 3 heteroatoms. The van der Waals surface area contributed by atoms with Crippen molar-refractivity contribution >= 4 is 0 Å². The molecule has 1 rings (SSSR count). The van der Waals surface area contributed by atoms with Crippen LogP contribution in [-0.2, 0) is 9.57 Å². The molecule has 1 atom stereocenters. The summed E-state index contributed by atoms with van der Waals surface area (Å²) in [6.45, 7) is 5.04. The van der Waals surface area contributed by atoms with Gasteiger partial charge in [-0.2, -0.15) is 5.48 Å². The van der Waals surface area contributed by atoms with Gasteiger partial charge in [-0.05, 0) is 26.7 Å². The molecule has 66 valence electrons. The fourth-order valence-electron chi connectivity index (χ4n) is 1.50. The summed E-state index contributed by atoms with van der Waals surface area (Å²) in [5.41, 5.74) is 2.97. The molecule has 1 fully saturated rings. The monoisotopic (exact) mass is 159 g/mol. The molecule has 1 heterocycles. The zero-order valence-electron chi connectivity index (χ0n) is 7.52.